The van der Waals surface area contributed by atoms with Crippen molar-refractivity contribution >= 4 is 23.2 Å². The Hall–Kier alpha value is -4.27. The average Bonchev–Trinajstić information content (AvgIpc) is 2.91. The maximum absolute atomic E-state index is 14.2. The van der Waals surface area contributed by atoms with E-state index in [2.05, 4.69) is 5.32 Å². The molecule has 1 atom stereocenters. The summed E-state index contributed by atoms with van der Waals surface area (Å²) in [6.07, 6.45) is -0.751. The van der Waals surface area contributed by atoms with Crippen molar-refractivity contribution in [3.05, 3.63) is 99.4 Å². The smallest absolute Gasteiger partial charge is 0.269 e. The number of nitrogens with zero attached hydrogens (tertiary/aromatic N) is 2. The molecule has 0 aromatic heterocycles. The predicted octanol–water partition coefficient (Wildman–Crippen LogP) is 4.30. The van der Waals surface area contributed by atoms with Gasteiger partial charge < -0.3 is 15.0 Å². The molecule has 2 amide bonds. The summed E-state index contributed by atoms with van der Waals surface area (Å²) in [5, 5.41) is 13.5. The minimum Gasteiger partial charge on any atom is -0.481 e. The van der Waals surface area contributed by atoms with E-state index in [0.717, 1.165) is 0 Å². The van der Waals surface area contributed by atoms with Gasteiger partial charge in [-0.25, -0.2) is 4.39 Å². The van der Waals surface area contributed by atoms with Crippen LogP contribution in [0.2, 0.25) is 0 Å². The molecular formula is C24H20FN3O5. The molecule has 1 heterocycles. The van der Waals surface area contributed by atoms with Gasteiger partial charge in [0.2, 0.25) is 0 Å². The van der Waals surface area contributed by atoms with Gasteiger partial charge >= 0.3 is 0 Å². The molecule has 0 aliphatic carbocycles. The van der Waals surface area contributed by atoms with Crippen LogP contribution in [-0.4, -0.2) is 27.7 Å². The van der Waals surface area contributed by atoms with Crippen molar-refractivity contribution in [2.45, 2.75) is 26.1 Å². The van der Waals surface area contributed by atoms with E-state index < -0.39 is 22.8 Å². The first-order chi connectivity index (χ1) is 15.8. The highest BCUT2D eigenvalue weighted by Crippen LogP contribution is 2.30. The number of rotatable bonds is 5. The summed E-state index contributed by atoms with van der Waals surface area (Å²) in [6.45, 7) is 1.89. The van der Waals surface area contributed by atoms with Gasteiger partial charge in [0.1, 0.15) is 11.6 Å². The Balaban J connectivity index is 1.55. The average molecular weight is 449 g/mol. The zero-order valence-corrected chi connectivity index (χ0v) is 17.7. The fourth-order valence-corrected chi connectivity index (χ4v) is 3.58. The molecule has 4 rings (SSSR count). The second-order valence-electron chi connectivity index (χ2n) is 7.63. The first-order valence-corrected chi connectivity index (χ1v) is 10.2. The van der Waals surface area contributed by atoms with Crippen LogP contribution in [0.5, 0.6) is 5.75 Å². The number of anilines is 1. The molecule has 168 valence electrons. The van der Waals surface area contributed by atoms with Crippen LogP contribution < -0.4 is 10.1 Å². The molecular weight excluding hydrogens is 429 g/mol. The second kappa shape index (κ2) is 9.07. The van der Waals surface area contributed by atoms with Gasteiger partial charge in [-0.05, 0) is 43.3 Å². The van der Waals surface area contributed by atoms with Crippen molar-refractivity contribution in [2.75, 3.05) is 5.32 Å². The van der Waals surface area contributed by atoms with Crippen LogP contribution in [0.15, 0.2) is 66.7 Å². The number of halogens is 1. The Morgan fingerprint density at radius 3 is 2.61 bits per heavy atom. The summed E-state index contributed by atoms with van der Waals surface area (Å²) < 4.78 is 19.9. The van der Waals surface area contributed by atoms with E-state index in [1.165, 1.54) is 35.2 Å². The normalized spacial score (nSPS) is 15.3. The van der Waals surface area contributed by atoms with Crippen LogP contribution in [0.4, 0.5) is 15.8 Å². The Kier molecular flexibility index (Phi) is 6.03. The lowest BCUT2D eigenvalue weighted by atomic mass is 10.1. The maximum Gasteiger partial charge on any atom is 0.269 e. The van der Waals surface area contributed by atoms with E-state index in [9.17, 15) is 24.1 Å². The van der Waals surface area contributed by atoms with Gasteiger partial charge in [-0.1, -0.05) is 18.2 Å². The number of nitro benzene ring substituents is 1. The number of hydrogen-bond donors (Lipinski definition) is 1. The van der Waals surface area contributed by atoms with Gasteiger partial charge in [0, 0.05) is 47.6 Å². The highest BCUT2D eigenvalue weighted by Gasteiger charge is 2.28. The third-order valence-electron chi connectivity index (χ3n) is 5.30. The van der Waals surface area contributed by atoms with Gasteiger partial charge in [0.25, 0.3) is 17.5 Å². The number of fused-ring (bicyclic) bond motifs is 1. The second-order valence-corrected chi connectivity index (χ2v) is 7.63. The van der Waals surface area contributed by atoms with Gasteiger partial charge in [0.15, 0.2) is 6.10 Å². The molecule has 1 N–H and O–H groups in total. The number of amides is 2. The number of benzene rings is 3. The zero-order valence-electron chi connectivity index (χ0n) is 17.7. The van der Waals surface area contributed by atoms with Crippen molar-refractivity contribution in [2.24, 2.45) is 0 Å². The first-order valence-electron chi connectivity index (χ1n) is 10.2. The standard InChI is InChI=1S/C24H20FN3O5/c1-15-24(30)27(13-17-4-2-3-5-21(17)25)14-18-12-19(8-11-22(18)33-15)26-23(29)16-6-9-20(10-7-16)28(31)32/h2-12,15H,13-14H2,1H3,(H,26,29). The molecule has 0 saturated heterocycles. The van der Waals surface area contributed by atoms with Gasteiger partial charge in [-0.15, -0.1) is 0 Å². The van der Waals surface area contributed by atoms with E-state index in [0.29, 0.717) is 22.6 Å². The quantitative estimate of drug-likeness (QED) is 0.462. The Bertz CT molecular complexity index is 1230. The molecule has 0 saturated carbocycles. The van der Waals surface area contributed by atoms with Crippen molar-refractivity contribution in [3.63, 3.8) is 0 Å². The van der Waals surface area contributed by atoms with Gasteiger partial charge in [-0.3, -0.25) is 19.7 Å². The molecule has 0 fully saturated rings. The molecule has 33 heavy (non-hydrogen) atoms. The van der Waals surface area contributed by atoms with Crippen LogP contribution in [0.3, 0.4) is 0 Å². The number of carbonyl (C=O) groups is 2. The minimum atomic E-state index is -0.751. The van der Waals surface area contributed by atoms with Crippen molar-refractivity contribution in [1.82, 2.24) is 4.90 Å². The molecule has 0 spiro atoms. The van der Waals surface area contributed by atoms with Gasteiger partial charge in [-0.2, -0.15) is 0 Å². The monoisotopic (exact) mass is 449 g/mol. The van der Waals surface area contributed by atoms with Crippen LogP contribution in [0.25, 0.3) is 0 Å². The molecule has 3 aromatic rings. The molecule has 8 nitrogen and oxygen atoms in total. The first kappa shape index (κ1) is 21.9. The van der Waals surface area contributed by atoms with E-state index in [-0.39, 0.29) is 30.2 Å². The van der Waals surface area contributed by atoms with E-state index in [4.69, 9.17) is 4.74 Å². The highest BCUT2D eigenvalue weighted by atomic mass is 19.1. The molecule has 1 aliphatic heterocycles. The Morgan fingerprint density at radius 1 is 1.18 bits per heavy atom. The third kappa shape index (κ3) is 4.82. The Labute approximate surface area is 188 Å². The number of nitrogens with one attached hydrogen (secondary N) is 1. The number of non-ortho nitro benzene ring substituents is 1. The lowest BCUT2D eigenvalue weighted by molar-refractivity contribution is -0.384. The van der Waals surface area contributed by atoms with E-state index >= 15 is 0 Å². The lowest BCUT2D eigenvalue weighted by Gasteiger charge is -2.22. The largest absolute Gasteiger partial charge is 0.481 e. The van der Waals surface area contributed by atoms with Crippen LogP contribution in [0.1, 0.15) is 28.4 Å². The molecule has 0 radical (unpaired) electrons. The van der Waals surface area contributed by atoms with Crippen LogP contribution >= 0.6 is 0 Å². The SMILES string of the molecule is CC1Oc2ccc(NC(=O)c3ccc([N+](=O)[O-])cc3)cc2CN(Cc2ccccc2F)C1=O. The summed E-state index contributed by atoms with van der Waals surface area (Å²) >= 11 is 0. The lowest BCUT2D eigenvalue weighted by Crippen LogP contribution is -2.37. The number of carbonyl (C=O) groups excluding carboxylic acids is 2. The van der Waals surface area contributed by atoms with Crippen LogP contribution in [-0.2, 0) is 17.9 Å². The van der Waals surface area contributed by atoms with Crippen molar-refractivity contribution in [3.8, 4) is 5.75 Å². The molecule has 9 heteroatoms. The fraction of sp³-hybridized carbons (Fsp3) is 0.167. The summed E-state index contributed by atoms with van der Waals surface area (Å²) in [4.78, 5) is 37.1. The van der Waals surface area contributed by atoms with Crippen LogP contribution in [0, 0.1) is 15.9 Å². The van der Waals surface area contributed by atoms with Crippen molar-refractivity contribution < 1.29 is 23.6 Å². The third-order valence-corrected chi connectivity index (χ3v) is 5.30. The number of hydrogen-bond acceptors (Lipinski definition) is 5. The van der Waals surface area contributed by atoms with E-state index in [1.807, 2.05) is 0 Å². The zero-order chi connectivity index (χ0) is 23.5. The fourth-order valence-electron chi connectivity index (χ4n) is 3.58. The topological polar surface area (TPSA) is 102 Å². The molecule has 3 aromatic carbocycles. The van der Waals surface area contributed by atoms with Crippen molar-refractivity contribution in [1.29, 1.82) is 0 Å². The Morgan fingerprint density at radius 2 is 1.91 bits per heavy atom. The molecule has 1 aliphatic rings. The predicted molar refractivity (Wildman–Crippen MR) is 118 cm³/mol. The highest BCUT2D eigenvalue weighted by molar-refractivity contribution is 6.04. The number of nitro groups is 1. The van der Waals surface area contributed by atoms with Gasteiger partial charge in [0.05, 0.1) is 4.92 Å². The summed E-state index contributed by atoms with van der Waals surface area (Å²) in [5.41, 5.74) is 1.67. The summed E-state index contributed by atoms with van der Waals surface area (Å²) in [5.74, 6) is -0.606. The molecule has 0 bridgehead atoms. The molecule has 1 unspecified atom stereocenters. The maximum atomic E-state index is 14.2. The number of ether oxygens (including phenoxy) is 1. The van der Waals surface area contributed by atoms with E-state index in [1.54, 1.807) is 43.3 Å². The summed E-state index contributed by atoms with van der Waals surface area (Å²) in [7, 11) is 0. The minimum absolute atomic E-state index is 0.0814. The summed E-state index contributed by atoms with van der Waals surface area (Å²) in [6, 6.07) is 16.5.